The Hall–Kier alpha value is 0.627. The molecule has 0 aliphatic heterocycles. The van der Waals surface area contributed by atoms with Gasteiger partial charge in [-0.3, -0.25) is 0 Å². The quantitative estimate of drug-likeness (QED) is 0.401. The molecule has 0 aromatic rings. The highest BCUT2D eigenvalue weighted by atomic mass is 35.8. The molecule has 66 valence electrons. The third kappa shape index (κ3) is 5.85. The van der Waals surface area contributed by atoms with E-state index in [9.17, 15) is 0 Å². The second kappa shape index (κ2) is 3.56. The SMILES string of the molecule is C=C(O[Si](Cl)(Cl)Cl)C(C)(C)C. The zero-order chi connectivity index (χ0) is 9.28. The van der Waals surface area contributed by atoms with Crippen LogP contribution in [0.4, 0.5) is 0 Å². The van der Waals surface area contributed by atoms with Gasteiger partial charge in [-0.2, -0.15) is 0 Å². The Labute approximate surface area is 82.5 Å². The van der Waals surface area contributed by atoms with Crippen molar-refractivity contribution < 1.29 is 4.43 Å². The molecule has 0 aliphatic carbocycles. The van der Waals surface area contributed by atoms with Crippen LogP contribution in [0.15, 0.2) is 12.3 Å². The van der Waals surface area contributed by atoms with Crippen molar-refractivity contribution in [3.8, 4) is 0 Å². The number of hydrogen-bond acceptors (Lipinski definition) is 1. The summed E-state index contributed by atoms with van der Waals surface area (Å²) in [5.41, 5.74) is -0.170. The van der Waals surface area contributed by atoms with Crippen LogP contribution in [-0.2, 0) is 4.43 Å². The normalized spacial score (nSPS) is 12.9. The Morgan fingerprint density at radius 2 is 1.64 bits per heavy atom. The molecular weight excluding hydrogens is 223 g/mol. The number of halogens is 3. The third-order valence-electron chi connectivity index (χ3n) is 1.08. The Morgan fingerprint density at radius 3 is 1.73 bits per heavy atom. The van der Waals surface area contributed by atoms with E-state index in [0.29, 0.717) is 5.76 Å². The topological polar surface area (TPSA) is 9.23 Å². The van der Waals surface area contributed by atoms with E-state index in [1.807, 2.05) is 20.8 Å². The summed E-state index contributed by atoms with van der Waals surface area (Å²) >= 11 is 16.6. The monoisotopic (exact) mass is 232 g/mol. The Morgan fingerprint density at radius 1 is 1.27 bits per heavy atom. The fourth-order valence-electron chi connectivity index (χ4n) is 0.293. The molecule has 0 bridgehead atoms. The lowest BCUT2D eigenvalue weighted by Crippen LogP contribution is -2.22. The molecule has 0 fully saturated rings. The average Bonchev–Trinajstić information content (AvgIpc) is 1.56. The van der Waals surface area contributed by atoms with Crippen LogP contribution in [0.1, 0.15) is 20.8 Å². The predicted octanol–water partition coefficient (Wildman–Crippen LogP) is 3.71. The molecule has 0 N–H and O–H groups in total. The van der Waals surface area contributed by atoms with Crippen molar-refractivity contribution >= 4 is 39.5 Å². The average molecular weight is 234 g/mol. The van der Waals surface area contributed by atoms with Crippen LogP contribution in [0.25, 0.3) is 0 Å². The first kappa shape index (κ1) is 11.6. The van der Waals surface area contributed by atoms with Gasteiger partial charge in [0, 0.05) is 5.41 Å². The van der Waals surface area contributed by atoms with Gasteiger partial charge in [-0.1, -0.05) is 60.6 Å². The van der Waals surface area contributed by atoms with E-state index < -0.39 is 6.25 Å². The smallest absolute Gasteiger partial charge is 0.512 e. The molecule has 0 rings (SSSR count). The summed E-state index contributed by atoms with van der Waals surface area (Å²) in [6.45, 7) is 9.50. The standard InChI is InChI=1S/C6H11Cl3OSi/c1-5(6(2,3)4)10-11(7,8)9/h1H2,2-4H3. The largest absolute Gasteiger partial charge is 0.555 e. The molecule has 0 spiro atoms. The van der Waals surface area contributed by atoms with E-state index in [1.165, 1.54) is 0 Å². The van der Waals surface area contributed by atoms with Crippen LogP contribution in [0.5, 0.6) is 0 Å². The van der Waals surface area contributed by atoms with E-state index in [4.69, 9.17) is 37.7 Å². The Kier molecular flexibility index (Phi) is 3.77. The summed E-state index contributed by atoms with van der Waals surface area (Å²) in [7, 11) is 0. The maximum atomic E-state index is 5.52. The minimum atomic E-state index is -3.01. The van der Waals surface area contributed by atoms with Crippen molar-refractivity contribution in [1.29, 1.82) is 0 Å². The van der Waals surface area contributed by atoms with E-state index in [2.05, 4.69) is 6.58 Å². The van der Waals surface area contributed by atoms with Crippen molar-refractivity contribution in [3.63, 3.8) is 0 Å². The summed E-state index contributed by atoms with van der Waals surface area (Å²) in [5, 5.41) is 0. The third-order valence-corrected chi connectivity index (χ3v) is 2.25. The summed E-state index contributed by atoms with van der Waals surface area (Å²) in [6, 6.07) is 0. The van der Waals surface area contributed by atoms with Gasteiger partial charge in [-0.05, 0) is 0 Å². The molecule has 0 aromatic heterocycles. The molecule has 0 radical (unpaired) electrons. The number of allylic oxidation sites excluding steroid dienone is 1. The fourth-order valence-corrected chi connectivity index (χ4v) is 1.72. The molecule has 0 unspecified atom stereocenters. The van der Waals surface area contributed by atoms with Gasteiger partial charge in [0.25, 0.3) is 0 Å². The molecule has 11 heavy (non-hydrogen) atoms. The van der Waals surface area contributed by atoms with E-state index in [1.54, 1.807) is 0 Å². The number of hydrogen-bond donors (Lipinski definition) is 0. The van der Waals surface area contributed by atoms with Gasteiger partial charge in [-0.15, -0.1) is 0 Å². The predicted molar refractivity (Wildman–Crippen MR) is 53.0 cm³/mol. The molecule has 0 amide bonds. The zero-order valence-electron chi connectivity index (χ0n) is 6.75. The van der Waals surface area contributed by atoms with Gasteiger partial charge in [0.2, 0.25) is 0 Å². The second-order valence-electron chi connectivity index (χ2n) is 3.22. The van der Waals surface area contributed by atoms with E-state index >= 15 is 0 Å². The maximum Gasteiger partial charge on any atom is 0.555 e. The van der Waals surface area contributed by atoms with Crippen LogP contribution >= 0.6 is 33.2 Å². The molecule has 0 aromatic carbocycles. The van der Waals surface area contributed by atoms with E-state index in [-0.39, 0.29) is 5.41 Å². The van der Waals surface area contributed by atoms with Crippen LogP contribution in [0, 0.1) is 5.41 Å². The molecule has 0 heterocycles. The highest BCUT2D eigenvalue weighted by Crippen LogP contribution is 2.32. The van der Waals surface area contributed by atoms with E-state index in [0.717, 1.165) is 0 Å². The van der Waals surface area contributed by atoms with Crippen molar-refractivity contribution in [1.82, 2.24) is 0 Å². The van der Waals surface area contributed by atoms with Gasteiger partial charge >= 0.3 is 6.25 Å². The Balaban J connectivity index is 4.11. The van der Waals surface area contributed by atoms with Gasteiger partial charge in [0.1, 0.15) is 0 Å². The minimum Gasteiger partial charge on any atom is -0.512 e. The van der Waals surface area contributed by atoms with Crippen molar-refractivity contribution in [2.24, 2.45) is 5.41 Å². The summed E-state index contributed by atoms with van der Waals surface area (Å²) < 4.78 is 5.04. The minimum absolute atomic E-state index is 0.170. The van der Waals surface area contributed by atoms with Gasteiger partial charge in [0.15, 0.2) is 0 Å². The van der Waals surface area contributed by atoms with Gasteiger partial charge < -0.3 is 4.43 Å². The molecule has 0 saturated heterocycles. The summed E-state index contributed by atoms with van der Waals surface area (Å²) in [6.07, 6.45) is -3.01. The highest BCUT2D eigenvalue weighted by molar-refractivity contribution is 7.62. The van der Waals surface area contributed by atoms with Crippen molar-refractivity contribution in [3.05, 3.63) is 12.3 Å². The van der Waals surface area contributed by atoms with Crippen LogP contribution in [-0.4, -0.2) is 6.25 Å². The summed E-state index contributed by atoms with van der Waals surface area (Å²) in [4.78, 5) is 0. The highest BCUT2D eigenvalue weighted by Gasteiger charge is 2.33. The molecule has 5 heteroatoms. The fraction of sp³-hybridized carbons (Fsp3) is 0.667. The zero-order valence-corrected chi connectivity index (χ0v) is 10.0. The maximum absolute atomic E-state index is 5.52. The first-order chi connectivity index (χ1) is 4.63. The lowest BCUT2D eigenvalue weighted by molar-refractivity contribution is 0.307. The molecule has 0 aliphatic rings. The van der Waals surface area contributed by atoms with Crippen LogP contribution in [0.2, 0.25) is 0 Å². The second-order valence-corrected chi connectivity index (χ2v) is 10.8. The lowest BCUT2D eigenvalue weighted by Gasteiger charge is -2.24. The lowest BCUT2D eigenvalue weighted by atomic mass is 9.95. The number of rotatable bonds is 2. The molecule has 1 nitrogen and oxygen atoms in total. The van der Waals surface area contributed by atoms with Crippen LogP contribution in [0.3, 0.4) is 0 Å². The molecule has 0 atom stereocenters. The van der Waals surface area contributed by atoms with Gasteiger partial charge in [-0.25, -0.2) is 0 Å². The van der Waals surface area contributed by atoms with Crippen molar-refractivity contribution in [2.75, 3.05) is 0 Å². The molecular formula is C6H11Cl3OSi. The van der Waals surface area contributed by atoms with Crippen LogP contribution < -0.4 is 0 Å². The molecule has 0 saturated carbocycles. The first-order valence-corrected chi connectivity index (χ1v) is 8.02. The summed E-state index contributed by atoms with van der Waals surface area (Å²) in [5.74, 6) is 0.518. The first-order valence-electron chi connectivity index (χ1n) is 3.08. The Bertz CT molecular complexity index is 156. The van der Waals surface area contributed by atoms with Gasteiger partial charge in [0.05, 0.1) is 5.76 Å². The van der Waals surface area contributed by atoms with Crippen molar-refractivity contribution in [2.45, 2.75) is 20.8 Å².